The van der Waals surface area contributed by atoms with Crippen molar-refractivity contribution in [1.82, 2.24) is 10.6 Å². The van der Waals surface area contributed by atoms with Gasteiger partial charge in [-0.3, -0.25) is 9.59 Å². The predicted octanol–water partition coefficient (Wildman–Crippen LogP) is 0.794. The highest BCUT2D eigenvalue weighted by Crippen LogP contribution is 2.09. The summed E-state index contributed by atoms with van der Waals surface area (Å²) in [6, 6.07) is 0. The van der Waals surface area contributed by atoms with Crippen molar-refractivity contribution >= 4 is 11.8 Å². The molecule has 0 spiro atoms. The van der Waals surface area contributed by atoms with Crippen LogP contribution in [0.1, 0.15) is 26.7 Å². The van der Waals surface area contributed by atoms with Crippen molar-refractivity contribution in [2.24, 2.45) is 0 Å². The third kappa shape index (κ3) is 3.42. The number of ether oxygens (including phenoxy) is 1. The van der Waals surface area contributed by atoms with Crippen LogP contribution >= 0.6 is 0 Å². The zero-order chi connectivity index (χ0) is 12.0. The monoisotopic (exact) mass is 224 g/mol. The Kier molecular flexibility index (Phi) is 4.57. The van der Waals surface area contributed by atoms with Crippen molar-refractivity contribution in [1.29, 1.82) is 0 Å². The van der Waals surface area contributed by atoms with Gasteiger partial charge in [0.15, 0.2) is 0 Å². The minimum Gasteiger partial charge on any atom is -0.495 e. The molecule has 1 aliphatic heterocycles. The second-order valence-electron chi connectivity index (χ2n) is 3.29. The molecule has 0 aromatic heterocycles. The molecule has 0 aromatic carbocycles. The lowest BCUT2D eigenvalue weighted by atomic mass is 10.2. The Morgan fingerprint density at radius 1 is 1.19 bits per heavy atom. The SMILES string of the molecule is CCC(=O)NC1=CCOC=C1NC(=O)CC. The predicted molar refractivity (Wildman–Crippen MR) is 59.0 cm³/mol. The molecule has 0 bridgehead atoms. The van der Waals surface area contributed by atoms with E-state index in [1.807, 2.05) is 0 Å². The molecule has 1 aliphatic rings. The van der Waals surface area contributed by atoms with Crippen LogP contribution in [-0.4, -0.2) is 18.4 Å². The van der Waals surface area contributed by atoms with Gasteiger partial charge in [-0.25, -0.2) is 0 Å². The standard InChI is InChI=1S/C11H16N2O3/c1-3-10(14)12-8-5-6-16-7-9(8)13-11(15)4-2/h5,7H,3-4,6H2,1-2H3,(H,12,14)(H,13,15). The fraction of sp³-hybridized carbons (Fsp3) is 0.455. The number of hydrogen-bond donors (Lipinski definition) is 2. The lowest BCUT2D eigenvalue weighted by Gasteiger charge is -2.17. The van der Waals surface area contributed by atoms with Crippen LogP contribution in [0.25, 0.3) is 0 Å². The van der Waals surface area contributed by atoms with E-state index in [0.29, 0.717) is 30.8 Å². The van der Waals surface area contributed by atoms with Gasteiger partial charge in [0.05, 0.1) is 11.4 Å². The Labute approximate surface area is 94.5 Å². The van der Waals surface area contributed by atoms with E-state index in [4.69, 9.17) is 4.74 Å². The zero-order valence-corrected chi connectivity index (χ0v) is 9.50. The van der Waals surface area contributed by atoms with E-state index in [-0.39, 0.29) is 11.8 Å². The lowest BCUT2D eigenvalue weighted by molar-refractivity contribution is -0.121. The zero-order valence-electron chi connectivity index (χ0n) is 9.50. The summed E-state index contributed by atoms with van der Waals surface area (Å²) < 4.78 is 5.07. The van der Waals surface area contributed by atoms with Crippen molar-refractivity contribution in [3.63, 3.8) is 0 Å². The van der Waals surface area contributed by atoms with E-state index in [1.165, 1.54) is 6.26 Å². The third-order valence-corrected chi connectivity index (χ3v) is 2.07. The maximum absolute atomic E-state index is 11.2. The summed E-state index contributed by atoms with van der Waals surface area (Å²) in [6.45, 7) is 3.92. The van der Waals surface area contributed by atoms with Crippen LogP contribution in [0.3, 0.4) is 0 Å². The molecule has 0 aromatic rings. The number of rotatable bonds is 4. The first kappa shape index (κ1) is 12.3. The molecule has 5 nitrogen and oxygen atoms in total. The molecule has 0 fully saturated rings. The fourth-order valence-electron chi connectivity index (χ4n) is 1.13. The van der Waals surface area contributed by atoms with Gasteiger partial charge in [0.25, 0.3) is 0 Å². The van der Waals surface area contributed by atoms with Gasteiger partial charge >= 0.3 is 0 Å². The molecular formula is C11H16N2O3. The maximum Gasteiger partial charge on any atom is 0.224 e. The molecule has 88 valence electrons. The average molecular weight is 224 g/mol. The Balaban J connectivity index is 2.66. The summed E-state index contributed by atoms with van der Waals surface area (Å²) in [5.74, 6) is -0.210. The summed E-state index contributed by atoms with van der Waals surface area (Å²) in [7, 11) is 0. The molecule has 0 unspecified atom stereocenters. The molecule has 0 saturated carbocycles. The number of nitrogens with one attached hydrogen (secondary N) is 2. The Morgan fingerprint density at radius 2 is 1.75 bits per heavy atom. The molecule has 16 heavy (non-hydrogen) atoms. The van der Waals surface area contributed by atoms with E-state index in [0.717, 1.165) is 0 Å². The van der Waals surface area contributed by atoms with Crippen LogP contribution in [0.5, 0.6) is 0 Å². The molecule has 0 saturated heterocycles. The van der Waals surface area contributed by atoms with Gasteiger partial charge in [0, 0.05) is 12.8 Å². The second-order valence-corrected chi connectivity index (χ2v) is 3.29. The van der Waals surface area contributed by atoms with E-state index < -0.39 is 0 Å². The second kappa shape index (κ2) is 5.95. The molecular weight excluding hydrogens is 208 g/mol. The molecule has 2 amide bonds. The van der Waals surface area contributed by atoms with E-state index >= 15 is 0 Å². The van der Waals surface area contributed by atoms with Gasteiger partial charge in [-0.05, 0) is 6.08 Å². The highest BCUT2D eigenvalue weighted by atomic mass is 16.5. The average Bonchev–Trinajstić information content (AvgIpc) is 2.31. The summed E-state index contributed by atoms with van der Waals surface area (Å²) >= 11 is 0. The van der Waals surface area contributed by atoms with Crippen LogP contribution in [0.2, 0.25) is 0 Å². The van der Waals surface area contributed by atoms with Gasteiger partial charge in [0.1, 0.15) is 12.9 Å². The largest absolute Gasteiger partial charge is 0.495 e. The van der Waals surface area contributed by atoms with Gasteiger partial charge in [-0.15, -0.1) is 0 Å². The summed E-state index contributed by atoms with van der Waals surface area (Å²) in [5, 5.41) is 5.37. The normalized spacial score (nSPS) is 14.4. The van der Waals surface area contributed by atoms with Crippen LogP contribution < -0.4 is 10.6 Å². The van der Waals surface area contributed by atoms with Crippen LogP contribution in [-0.2, 0) is 14.3 Å². The van der Waals surface area contributed by atoms with Crippen LogP contribution in [0, 0.1) is 0 Å². The molecule has 0 radical (unpaired) electrons. The molecule has 0 atom stereocenters. The first-order chi connectivity index (χ1) is 7.67. The Bertz CT molecular complexity index is 311. The quantitative estimate of drug-likeness (QED) is 0.742. The number of carbonyl (C=O) groups is 2. The van der Waals surface area contributed by atoms with Gasteiger partial charge < -0.3 is 15.4 Å². The smallest absolute Gasteiger partial charge is 0.224 e. The van der Waals surface area contributed by atoms with Crippen molar-refractivity contribution in [3.05, 3.63) is 23.7 Å². The van der Waals surface area contributed by atoms with Crippen molar-refractivity contribution in [3.8, 4) is 0 Å². The van der Waals surface area contributed by atoms with Gasteiger partial charge in [-0.2, -0.15) is 0 Å². The molecule has 0 aliphatic carbocycles. The lowest BCUT2D eigenvalue weighted by Crippen LogP contribution is -2.32. The number of amides is 2. The van der Waals surface area contributed by atoms with Crippen molar-refractivity contribution < 1.29 is 14.3 Å². The fourth-order valence-corrected chi connectivity index (χ4v) is 1.13. The molecule has 2 N–H and O–H groups in total. The van der Waals surface area contributed by atoms with Crippen molar-refractivity contribution in [2.75, 3.05) is 6.61 Å². The molecule has 1 heterocycles. The van der Waals surface area contributed by atoms with Crippen LogP contribution in [0.15, 0.2) is 23.7 Å². The maximum atomic E-state index is 11.2. The van der Waals surface area contributed by atoms with E-state index in [2.05, 4.69) is 10.6 Å². The van der Waals surface area contributed by atoms with Crippen LogP contribution in [0.4, 0.5) is 0 Å². The molecule has 5 heteroatoms. The minimum absolute atomic E-state index is 0.0928. The molecule has 1 rings (SSSR count). The Hall–Kier alpha value is -1.78. The summed E-state index contributed by atoms with van der Waals surface area (Å²) in [6.07, 6.45) is 3.94. The van der Waals surface area contributed by atoms with E-state index in [1.54, 1.807) is 19.9 Å². The first-order valence-electron chi connectivity index (χ1n) is 5.29. The highest BCUT2D eigenvalue weighted by Gasteiger charge is 2.13. The topological polar surface area (TPSA) is 67.4 Å². The number of carbonyl (C=O) groups excluding carboxylic acids is 2. The first-order valence-corrected chi connectivity index (χ1v) is 5.29. The summed E-state index contributed by atoms with van der Waals surface area (Å²) in [5.41, 5.74) is 1.10. The van der Waals surface area contributed by atoms with Crippen molar-refractivity contribution in [2.45, 2.75) is 26.7 Å². The third-order valence-electron chi connectivity index (χ3n) is 2.07. The van der Waals surface area contributed by atoms with Gasteiger partial charge in [0.2, 0.25) is 11.8 Å². The summed E-state index contributed by atoms with van der Waals surface area (Å²) in [4.78, 5) is 22.5. The minimum atomic E-state index is -0.117. The Morgan fingerprint density at radius 3 is 2.31 bits per heavy atom. The highest BCUT2D eigenvalue weighted by molar-refractivity contribution is 5.81. The number of hydrogen-bond acceptors (Lipinski definition) is 3. The van der Waals surface area contributed by atoms with Gasteiger partial charge in [-0.1, -0.05) is 13.8 Å². The van der Waals surface area contributed by atoms with E-state index in [9.17, 15) is 9.59 Å².